The van der Waals surface area contributed by atoms with E-state index in [1.54, 1.807) is 6.20 Å². The van der Waals surface area contributed by atoms with E-state index in [9.17, 15) is 0 Å². The Morgan fingerprint density at radius 3 is 2.27 bits per heavy atom. The van der Waals surface area contributed by atoms with E-state index in [1.807, 2.05) is 36.4 Å². The molecule has 0 atom stereocenters. The minimum atomic E-state index is 0.388. The summed E-state index contributed by atoms with van der Waals surface area (Å²) in [6.45, 7) is 4.15. The number of rotatable bonds is 3. The summed E-state index contributed by atoms with van der Waals surface area (Å²) in [5.41, 5.74) is 11.2. The average molecular weight is 290 g/mol. The first-order valence-electron chi connectivity index (χ1n) is 7.16. The number of nitrogens with zero attached hydrogens (tertiary/aromatic N) is 2. The van der Waals surface area contributed by atoms with E-state index in [0.717, 1.165) is 16.9 Å². The van der Waals surface area contributed by atoms with Gasteiger partial charge in [-0.15, -0.1) is 0 Å². The van der Waals surface area contributed by atoms with Gasteiger partial charge in [0.05, 0.1) is 11.9 Å². The maximum Gasteiger partial charge on any atom is 0.173 e. The molecule has 1 heterocycles. The predicted molar refractivity (Wildman–Crippen MR) is 91.1 cm³/mol. The molecule has 0 saturated heterocycles. The monoisotopic (exact) mass is 290 g/mol. The molecule has 0 aliphatic heterocycles. The van der Waals surface area contributed by atoms with E-state index in [-0.39, 0.29) is 0 Å². The van der Waals surface area contributed by atoms with Crippen LogP contribution in [-0.4, -0.2) is 9.97 Å². The molecule has 4 heteroatoms. The molecule has 3 N–H and O–H groups in total. The Labute approximate surface area is 130 Å². The van der Waals surface area contributed by atoms with Gasteiger partial charge in [-0.3, -0.25) is 0 Å². The molecule has 0 unspecified atom stereocenters. The lowest BCUT2D eigenvalue weighted by Gasteiger charge is -2.12. The lowest BCUT2D eigenvalue weighted by Crippen LogP contribution is -2.03. The quantitative estimate of drug-likeness (QED) is 0.762. The van der Waals surface area contributed by atoms with Crippen LogP contribution in [0.2, 0.25) is 0 Å². The van der Waals surface area contributed by atoms with Crippen LogP contribution < -0.4 is 11.1 Å². The molecule has 0 spiro atoms. The number of hydrogen-bond donors (Lipinski definition) is 2. The third-order valence-electron chi connectivity index (χ3n) is 3.57. The number of nitrogen functional groups attached to an aromatic ring is 1. The highest BCUT2D eigenvalue weighted by molar-refractivity contribution is 5.72. The lowest BCUT2D eigenvalue weighted by atomic mass is 10.0. The standard InChI is InChI=1S/C18H18N4/c1-12-7-6-8-13(2)16(12)15-11-20-17(19)18(22-15)21-14-9-4-3-5-10-14/h3-11H,1-2H3,(H2,19,20)(H,21,22). The van der Waals surface area contributed by atoms with Crippen LogP contribution in [0.4, 0.5) is 17.3 Å². The van der Waals surface area contributed by atoms with Crippen LogP contribution in [0, 0.1) is 13.8 Å². The number of benzene rings is 2. The molecule has 2 aromatic carbocycles. The van der Waals surface area contributed by atoms with E-state index in [4.69, 9.17) is 5.73 Å². The highest BCUT2D eigenvalue weighted by Gasteiger charge is 2.10. The van der Waals surface area contributed by atoms with Crippen molar-refractivity contribution in [1.82, 2.24) is 9.97 Å². The van der Waals surface area contributed by atoms with Gasteiger partial charge in [-0.05, 0) is 37.1 Å². The fourth-order valence-corrected chi connectivity index (χ4v) is 2.49. The molecule has 0 saturated carbocycles. The maximum absolute atomic E-state index is 5.96. The van der Waals surface area contributed by atoms with Gasteiger partial charge in [-0.25, -0.2) is 9.97 Å². The normalized spacial score (nSPS) is 10.5. The Morgan fingerprint density at radius 1 is 0.909 bits per heavy atom. The van der Waals surface area contributed by atoms with E-state index in [1.165, 1.54) is 11.1 Å². The zero-order valence-corrected chi connectivity index (χ0v) is 12.7. The zero-order chi connectivity index (χ0) is 15.5. The number of aromatic nitrogens is 2. The molecule has 22 heavy (non-hydrogen) atoms. The molecule has 0 amide bonds. The molecule has 3 rings (SSSR count). The van der Waals surface area contributed by atoms with Crippen molar-refractivity contribution in [2.75, 3.05) is 11.1 Å². The van der Waals surface area contributed by atoms with Crippen LogP contribution in [0.3, 0.4) is 0 Å². The molecule has 3 aromatic rings. The molecule has 1 aromatic heterocycles. The van der Waals surface area contributed by atoms with Crippen LogP contribution in [-0.2, 0) is 0 Å². The molecule has 0 bridgehead atoms. The summed E-state index contributed by atoms with van der Waals surface area (Å²) in [5, 5.41) is 3.22. The van der Waals surface area contributed by atoms with Crippen molar-refractivity contribution < 1.29 is 0 Å². The van der Waals surface area contributed by atoms with Crippen LogP contribution in [0.5, 0.6) is 0 Å². The lowest BCUT2D eigenvalue weighted by molar-refractivity contribution is 1.20. The van der Waals surface area contributed by atoms with Gasteiger partial charge < -0.3 is 11.1 Å². The van der Waals surface area contributed by atoms with Crippen LogP contribution in [0.25, 0.3) is 11.3 Å². The van der Waals surface area contributed by atoms with Crippen molar-refractivity contribution in [2.45, 2.75) is 13.8 Å². The SMILES string of the molecule is Cc1cccc(C)c1-c1cnc(N)c(Nc2ccccc2)n1. The van der Waals surface area contributed by atoms with E-state index < -0.39 is 0 Å². The number of anilines is 3. The molecule has 0 fully saturated rings. The number of para-hydroxylation sites is 1. The zero-order valence-electron chi connectivity index (χ0n) is 12.7. The third kappa shape index (κ3) is 2.76. The molecular formula is C18H18N4. The van der Waals surface area contributed by atoms with Crippen LogP contribution in [0.1, 0.15) is 11.1 Å². The van der Waals surface area contributed by atoms with Gasteiger partial charge in [-0.2, -0.15) is 0 Å². The molecule has 4 nitrogen and oxygen atoms in total. The molecular weight excluding hydrogens is 272 g/mol. The first-order chi connectivity index (χ1) is 10.6. The molecule has 0 aliphatic rings. The number of nitrogens with one attached hydrogen (secondary N) is 1. The summed E-state index contributed by atoms with van der Waals surface area (Å²) in [7, 11) is 0. The highest BCUT2D eigenvalue weighted by Crippen LogP contribution is 2.28. The molecule has 0 aliphatic carbocycles. The van der Waals surface area contributed by atoms with Gasteiger partial charge in [0.2, 0.25) is 0 Å². The Morgan fingerprint density at radius 2 is 1.59 bits per heavy atom. The van der Waals surface area contributed by atoms with Gasteiger partial charge in [0, 0.05) is 11.3 Å². The van der Waals surface area contributed by atoms with Crippen molar-refractivity contribution in [3.8, 4) is 11.3 Å². The van der Waals surface area contributed by atoms with Crippen molar-refractivity contribution in [3.05, 3.63) is 65.9 Å². The largest absolute Gasteiger partial charge is 0.381 e. The molecule has 110 valence electrons. The number of nitrogens with two attached hydrogens (primary N) is 1. The second-order valence-electron chi connectivity index (χ2n) is 5.25. The number of aryl methyl sites for hydroxylation is 2. The van der Waals surface area contributed by atoms with Crippen molar-refractivity contribution in [3.63, 3.8) is 0 Å². The minimum Gasteiger partial charge on any atom is -0.381 e. The summed E-state index contributed by atoms with van der Waals surface area (Å²) in [5.74, 6) is 0.963. The topological polar surface area (TPSA) is 63.8 Å². The van der Waals surface area contributed by atoms with Crippen molar-refractivity contribution >= 4 is 17.3 Å². The maximum atomic E-state index is 5.96. The van der Waals surface area contributed by atoms with Gasteiger partial charge in [0.25, 0.3) is 0 Å². The third-order valence-corrected chi connectivity index (χ3v) is 3.57. The van der Waals surface area contributed by atoms with Gasteiger partial charge in [-0.1, -0.05) is 36.4 Å². The Kier molecular flexibility index (Phi) is 3.74. The predicted octanol–water partition coefficient (Wildman–Crippen LogP) is 4.09. The summed E-state index contributed by atoms with van der Waals surface area (Å²) < 4.78 is 0. The Bertz CT molecular complexity index is 777. The van der Waals surface area contributed by atoms with E-state index >= 15 is 0 Å². The van der Waals surface area contributed by atoms with Crippen molar-refractivity contribution in [1.29, 1.82) is 0 Å². The minimum absolute atomic E-state index is 0.388. The van der Waals surface area contributed by atoms with Gasteiger partial charge >= 0.3 is 0 Å². The van der Waals surface area contributed by atoms with Crippen LogP contribution in [0.15, 0.2) is 54.7 Å². The van der Waals surface area contributed by atoms with Gasteiger partial charge in [0.15, 0.2) is 11.6 Å². The molecule has 0 radical (unpaired) electrons. The summed E-state index contributed by atoms with van der Waals surface area (Å²) >= 11 is 0. The van der Waals surface area contributed by atoms with Gasteiger partial charge in [0.1, 0.15) is 0 Å². The van der Waals surface area contributed by atoms with Crippen molar-refractivity contribution in [2.24, 2.45) is 0 Å². The summed E-state index contributed by atoms with van der Waals surface area (Å²) in [4.78, 5) is 8.95. The first-order valence-corrected chi connectivity index (χ1v) is 7.16. The summed E-state index contributed by atoms with van der Waals surface area (Å²) in [6.07, 6.45) is 1.72. The average Bonchev–Trinajstić information content (AvgIpc) is 2.51. The Hall–Kier alpha value is -2.88. The Balaban J connectivity index is 2.03. The summed E-state index contributed by atoms with van der Waals surface area (Å²) in [6, 6.07) is 16.0. The number of hydrogen-bond acceptors (Lipinski definition) is 4. The second kappa shape index (κ2) is 5.85. The smallest absolute Gasteiger partial charge is 0.173 e. The van der Waals surface area contributed by atoms with E-state index in [0.29, 0.717) is 11.6 Å². The second-order valence-corrected chi connectivity index (χ2v) is 5.25. The fraction of sp³-hybridized carbons (Fsp3) is 0.111. The first kappa shape index (κ1) is 14.1. The fourth-order valence-electron chi connectivity index (χ4n) is 2.49. The van der Waals surface area contributed by atoms with E-state index in [2.05, 4.69) is 41.3 Å². The van der Waals surface area contributed by atoms with Crippen LogP contribution >= 0.6 is 0 Å². The highest BCUT2D eigenvalue weighted by atomic mass is 15.1.